The Labute approximate surface area is 184 Å². The number of likely N-dealkylation sites (tertiary alicyclic amines) is 1. The van der Waals surface area contributed by atoms with Crippen molar-refractivity contribution < 1.29 is 18.8 Å². The van der Waals surface area contributed by atoms with E-state index in [0.717, 1.165) is 5.56 Å². The Bertz CT molecular complexity index is 1140. The molecule has 31 heavy (non-hydrogen) atoms. The average Bonchev–Trinajstić information content (AvgIpc) is 3.29. The zero-order valence-corrected chi connectivity index (χ0v) is 18.0. The summed E-state index contributed by atoms with van der Waals surface area (Å²) in [6, 6.07) is 17.1. The lowest BCUT2D eigenvalue weighted by atomic mass is 9.89. The maximum Gasteiger partial charge on any atom is 0.263 e. The first-order valence-electron chi connectivity index (χ1n) is 10.2. The summed E-state index contributed by atoms with van der Waals surface area (Å²) in [6.07, 6.45) is 1.37. The maximum absolute atomic E-state index is 14.7. The maximum atomic E-state index is 14.7. The Morgan fingerprint density at radius 1 is 1.00 bits per heavy atom. The molecular weight excluding hydrogens is 413 g/mol. The predicted octanol–water partition coefficient (Wildman–Crippen LogP) is 5.49. The van der Waals surface area contributed by atoms with Crippen LogP contribution in [0.1, 0.15) is 49.5 Å². The minimum absolute atomic E-state index is 0.0725. The summed E-state index contributed by atoms with van der Waals surface area (Å²) in [6.45, 7) is 2.34. The van der Waals surface area contributed by atoms with Gasteiger partial charge in [0.15, 0.2) is 11.6 Å². The third kappa shape index (κ3) is 4.49. The number of nitrogens with zero attached hydrogens (tertiary/aromatic N) is 1. The summed E-state index contributed by atoms with van der Waals surface area (Å²) >= 11 is 1.17. The van der Waals surface area contributed by atoms with Crippen LogP contribution in [0.4, 0.5) is 4.39 Å². The molecule has 2 aromatic carbocycles. The summed E-state index contributed by atoms with van der Waals surface area (Å²) in [5, 5.41) is 0. The van der Waals surface area contributed by atoms with Gasteiger partial charge in [0, 0.05) is 30.1 Å². The van der Waals surface area contributed by atoms with Crippen molar-refractivity contribution in [2.24, 2.45) is 5.92 Å². The number of carbonyl (C=O) groups is 3. The molecule has 1 aromatic heterocycles. The van der Waals surface area contributed by atoms with Crippen molar-refractivity contribution in [2.75, 3.05) is 13.1 Å². The molecule has 158 valence electrons. The van der Waals surface area contributed by atoms with Gasteiger partial charge in [-0.15, -0.1) is 11.3 Å². The molecule has 4 rings (SSSR count). The number of thiophene rings is 1. The zero-order valence-electron chi connectivity index (χ0n) is 17.1. The fourth-order valence-electron chi connectivity index (χ4n) is 3.93. The van der Waals surface area contributed by atoms with Crippen LogP contribution in [0.5, 0.6) is 0 Å². The van der Waals surface area contributed by atoms with Crippen LogP contribution in [0.2, 0.25) is 0 Å². The normalized spacial score (nSPS) is 16.2. The van der Waals surface area contributed by atoms with E-state index in [2.05, 4.69) is 0 Å². The Morgan fingerprint density at radius 2 is 1.74 bits per heavy atom. The molecule has 4 nitrogen and oxygen atoms in total. The third-order valence-corrected chi connectivity index (χ3v) is 6.76. The molecule has 0 saturated carbocycles. The van der Waals surface area contributed by atoms with Gasteiger partial charge in [0.25, 0.3) is 5.91 Å². The third-order valence-electron chi connectivity index (χ3n) is 5.58. The zero-order chi connectivity index (χ0) is 22.0. The van der Waals surface area contributed by atoms with Crippen LogP contribution in [0.15, 0.2) is 60.7 Å². The van der Waals surface area contributed by atoms with Crippen LogP contribution >= 0.6 is 11.3 Å². The van der Waals surface area contributed by atoms with Crippen molar-refractivity contribution in [1.82, 2.24) is 4.90 Å². The first-order valence-corrected chi connectivity index (χ1v) is 11.0. The highest BCUT2D eigenvalue weighted by Gasteiger charge is 2.30. The molecule has 0 unspecified atom stereocenters. The molecule has 1 atom stereocenters. The van der Waals surface area contributed by atoms with E-state index in [1.54, 1.807) is 29.2 Å². The lowest BCUT2D eigenvalue weighted by Gasteiger charge is -2.31. The average molecular weight is 436 g/mol. The van der Waals surface area contributed by atoms with Crippen LogP contribution in [0.3, 0.4) is 0 Å². The van der Waals surface area contributed by atoms with Gasteiger partial charge in [-0.3, -0.25) is 14.4 Å². The second-order valence-electron chi connectivity index (χ2n) is 7.74. The fraction of sp³-hybridized carbons (Fsp3) is 0.240. The minimum Gasteiger partial charge on any atom is -0.337 e. The second-order valence-corrected chi connectivity index (χ2v) is 8.82. The molecule has 0 aliphatic carbocycles. The molecule has 1 amide bonds. The van der Waals surface area contributed by atoms with Crippen LogP contribution < -0.4 is 0 Å². The Morgan fingerprint density at radius 3 is 2.42 bits per heavy atom. The van der Waals surface area contributed by atoms with Crippen molar-refractivity contribution in [1.29, 1.82) is 0 Å². The monoisotopic (exact) mass is 435 g/mol. The number of amides is 1. The standard InChI is InChI=1S/C25H22FNO3S/c1-16(28)22-11-12-23(31-22)25(30)27-13-5-8-19(15-27)24(29)18-9-10-20(21(26)14-18)17-6-3-2-4-7-17/h2-4,6-7,9-12,14,19H,5,8,13,15H2,1H3/t19-/m0/s1. The van der Waals surface area contributed by atoms with Gasteiger partial charge < -0.3 is 4.90 Å². The van der Waals surface area contributed by atoms with Crippen LogP contribution in [0.25, 0.3) is 11.1 Å². The van der Waals surface area contributed by atoms with Crippen molar-refractivity contribution in [2.45, 2.75) is 19.8 Å². The van der Waals surface area contributed by atoms with E-state index in [-0.39, 0.29) is 23.4 Å². The number of piperidine rings is 1. The molecule has 0 N–H and O–H groups in total. The number of carbonyl (C=O) groups excluding carboxylic acids is 3. The second kappa shape index (κ2) is 8.94. The van der Waals surface area contributed by atoms with Crippen molar-refractivity contribution >= 4 is 28.8 Å². The number of hydrogen-bond acceptors (Lipinski definition) is 4. The molecule has 3 aromatic rings. The van der Waals surface area contributed by atoms with E-state index < -0.39 is 5.82 Å². The number of halogens is 1. The van der Waals surface area contributed by atoms with Gasteiger partial charge in [-0.05, 0) is 43.5 Å². The van der Waals surface area contributed by atoms with Crippen LogP contribution in [-0.4, -0.2) is 35.5 Å². The molecule has 1 aliphatic rings. The van der Waals surface area contributed by atoms with E-state index in [1.807, 2.05) is 30.3 Å². The number of rotatable bonds is 5. The first-order chi connectivity index (χ1) is 14.9. The molecule has 1 fully saturated rings. The molecule has 1 saturated heterocycles. The van der Waals surface area contributed by atoms with Gasteiger partial charge in [-0.2, -0.15) is 0 Å². The minimum atomic E-state index is -0.434. The summed E-state index contributed by atoms with van der Waals surface area (Å²) in [5.74, 6) is -1.19. The number of hydrogen-bond donors (Lipinski definition) is 0. The Hall–Kier alpha value is -3.12. The molecule has 6 heteroatoms. The molecule has 0 radical (unpaired) electrons. The molecule has 0 bridgehead atoms. The Kier molecular flexibility index (Phi) is 6.09. The molecular formula is C25H22FNO3S. The van der Waals surface area contributed by atoms with Crippen molar-refractivity contribution in [3.63, 3.8) is 0 Å². The topological polar surface area (TPSA) is 54.5 Å². The van der Waals surface area contributed by atoms with E-state index in [4.69, 9.17) is 0 Å². The summed E-state index contributed by atoms with van der Waals surface area (Å²) in [7, 11) is 0. The fourth-order valence-corrected chi connectivity index (χ4v) is 4.80. The molecule has 2 heterocycles. The number of benzene rings is 2. The van der Waals surface area contributed by atoms with E-state index >= 15 is 0 Å². The van der Waals surface area contributed by atoms with Crippen molar-refractivity contribution in [3.05, 3.63) is 81.8 Å². The number of Topliss-reactive ketones (excluding diaryl/α,β-unsaturated/α-hetero) is 2. The highest BCUT2D eigenvalue weighted by molar-refractivity contribution is 7.15. The van der Waals surface area contributed by atoms with Gasteiger partial charge >= 0.3 is 0 Å². The lowest BCUT2D eigenvalue weighted by molar-refractivity contribution is 0.0640. The van der Waals surface area contributed by atoms with E-state index in [0.29, 0.717) is 46.8 Å². The smallest absolute Gasteiger partial charge is 0.263 e. The highest BCUT2D eigenvalue weighted by atomic mass is 32.1. The summed E-state index contributed by atoms with van der Waals surface area (Å²) < 4.78 is 14.7. The summed E-state index contributed by atoms with van der Waals surface area (Å²) in [4.78, 5) is 40.1. The molecule has 0 spiro atoms. The number of ketones is 2. The van der Waals surface area contributed by atoms with Gasteiger partial charge in [0.1, 0.15) is 5.82 Å². The van der Waals surface area contributed by atoms with Gasteiger partial charge in [0.2, 0.25) is 0 Å². The van der Waals surface area contributed by atoms with Gasteiger partial charge in [-0.25, -0.2) is 4.39 Å². The van der Waals surface area contributed by atoms with Gasteiger partial charge in [-0.1, -0.05) is 42.5 Å². The van der Waals surface area contributed by atoms with Crippen LogP contribution in [0, 0.1) is 11.7 Å². The van der Waals surface area contributed by atoms with Crippen LogP contribution in [-0.2, 0) is 0 Å². The highest BCUT2D eigenvalue weighted by Crippen LogP contribution is 2.28. The van der Waals surface area contributed by atoms with Crippen molar-refractivity contribution in [3.8, 4) is 11.1 Å². The SMILES string of the molecule is CC(=O)c1ccc(C(=O)N2CCC[C@H](C(=O)c3ccc(-c4ccccc4)c(F)c3)C2)s1. The predicted molar refractivity (Wildman–Crippen MR) is 119 cm³/mol. The quantitative estimate of drug-likeness (QED) is 0.498. The lowest BCUT2D eigenvalue weighted by Crippen LogP contribution is -2.42. The van der Waals surface area contributed by atoms with E-state index in [1.165, 1.54) is 24.3 Å². The van der Waals surface area contributed by atoms with E-state index in [9.17, 15) is 18.8 Å². The summed E-state index contributed by atoms with van der Waals surface area (Å²) in [5.41, 5.74) is 1.54. The largest absolute Gasteiger partial charge is 0.337 e. The first kappa shape index (κ1) is 21.1. The molecule has 1 aliphatic heterocycles. The Balaban J connectivity index is 1.49. The van der Waals surface area contributed by atoms with Gasteiger partial charge in [0.05, 0.1) is 9.75 Å².